The van der Waals surface area contributed by atoms with E-state index >= 15 is 0 Å². The average Bonchev–Trinajstić information content (AvgIpc) is 3.06. The summed E-state index contributed by atoms with van der Waals surface area (Å²) in [6.07, 6.45) is 0.0773. The second-order valence-electron chi connectivity index (χ2n) is 4.70. The Labute approximate surface area is 132 Å². The van der Waals surface area contributed by atoms with Gasteiger partial charge in [0.05, 0.1) is 17.1 Å². The molecule has 0 spiro atoms. The third-order valence-electron chi connectivity index (χ3n) is 2.74. The molecule has 2 rings (SSSR count). The van der Waals surface area contributed by atoms with Crippen LogP contribution in [0.25, 0.3) is 0 Å². The Morgan fingerprint density at radius 1 is 1.41 bits per heavy atom. The molecule has 0 unspecified atom stereocenters. The van der Waals surface area contributed by atoms with Crippen molar-refractivity contribution in [1.29, 1.82) is 0 Å². The summed E-state index contributed by atoms with van der Waals surface area (Å²) in [7, 11) is -0.803. The number of carbonyl (C=O) groups is 1. The number of nitrogens with zero attached hydrogens (tertiary/aromatic N) is 2. The van der Waals surface area contributed by atoms with Gasteiger partial charge in [-0.1, -0.05) is 0 Å². The zero-order chi connectivity index (χ0) is 16.3. The monoisotopic (exact) mass is 344 g/mol. The van der Waals surface area contributed by atoms with Crippen molar-refractivity contribution in [2.24, 2.45) is 0 Å². The molecule has 0 saturated carbocycles. The van der Waals surface area contributed by atoms with Crippen molar-refractivity contribution in [3.05, 3.63) is 34.0 Å². The van der Waals surface area contributed by atoms with E-state index in [0.717, 1.165) is 9.31 Å². The highest BCUT2D eigenvalue weighted by atomic mass is 32.2. The average molecular weight is 344 g/mol. The molecular weight excluding hydrogens is 328 g/mol. The van der Waals surface area contributed by atoms with Crippen LogP contribution in [0.15, 0.2) is 27.0 Å². The van der Waals surface area contributed by atoms with Crippen molar-refractivity contribution in [3.63, 3.8) is 0 Å². The maximum absolute atomic E-state index is 11.8. The van der Waals surface area contributed by atoms with Gasteiger partial charge in [-0.3, -0.25) is 4.79 Å². The van der Waals surface area contributed by atoms with Gasteiger partial charge in [0.15, 0.2) is 0 Å². The molecule has 0 aliphatic carbocycles. The fourth-order valence-corrected chi connectivity index (χ4v) is 3.02. The molecule has 0 amide bonds. The maximum Gasteiger partial charge on any atom is 0.312 e. The first-order valence-corrected chi connectivity index (χ1v) is 8.69. The highest BCUT2D eigenvalue weighted by Gasteiger charge is 2.21. The molecule has 0 saturated heterocycles. The SMILES string of the molecule is Cc1nc(CC(=O)OCc2ccc(S(=O)(=O)N(C)C)o2)cs1. The molecule has 120 valence electrons. The standard InChI is InChI=1S/C13H16N2O5S2/c1-9-14-10(8-21-9)6-12(16)19-7-11-4-5-13(20-11)22(17,18)15(2)3/h4-5,8H,6-7H2,1-3H3. The predicted molar refractivity (Wildman–Crippen MR) is 79.9 cm³/mol. The van der Waals surface area contributed by atoms with Gasteiger partial charge in [0.1, 0.15) is 12.4 Å². The Morgan fingerprint density at radius 3 is 2.73 bits per heavy atom. The van der Waals surface area contributed by atoms with Crippen LogP contribution in [0.5, 0.6) is 0 Å². The molecule has 0 aromatic carbocycles. The quantitative estimate of drug-likeness (QED) is 0.739. The fraction of sp³-hybridized carbons (Fsp3) is 0.385. The van der Waals surface area contributed by atoms with Gasteiger partial charge in [-0.15, -0.1) is 11.3 Å². The first-order chi connectivity index (χ1) is 10.3. The number of sulfonamides is 1. The van der Waals surface area contributed by atoms with E-state index in [2.05, 4.69) is 4.98 Å². The topological polar surface area (TPSA) is 89.7 Å². The van der Waals surface area contributed by atoms with Crippen LogP contribution in [0.2, 0.25) is 0 Å². The molecule has 7 nitrogen and oxygen atoms in total. The molecule has 0 radical (unpaired) electrons. The van der Waals surface area contributed by atoms with Gasteiger partial charge >= 0.3 is 5.97 Å². The smallest absolute Gasteiger partial charge is 0.312 e. The fourth-order valence-electron chi connectivity index (χ4n) is 1.59. The highest BCUT2D eigenvalue weighted by Crippen LogP contribution is 2.17. The third kappa shape index (κ3) is 3.93. The van der Waals surface area contributed by atoms with E-state index in [1.165, 1.54) is 37.6 Å². The zero-order valence-corrected chi connectivity index (χ0v) is 14.0. The Bertz CT molecular complexity index is 761. The molecule has 0 aliphatic heterocycles. The van der Waals surface area contributed by atoms with E-state index in [0.29, 0.717) is 5.69 Å². The number of hydrogen-bond acceptors (Lipinski definition) is 7. The molecule has 0 aliphatic rings. The Hall–Kier alpha value is -1.71. The summed E-state index contributed by atoms with van der Waals surface area (Å²) in [5.74, 6) is -0.179. The van der Waals surface area contributed by atoms with Crippen molar-refractivity contribution >= 4 is 27.3 Å². The number of ether oxygens (including phenoxy) is 1. The van der Waals surface area contributed by atoms with E-state index in [9.17, 15) is 13.2 Å². The van der Waals surface area contributed by atoms with E-state index in [1.807, 2.05) is 6.92 Å². The van der Waals surface area contributed by atoms with Crippen molar-refractivity contribution in [1.82, 2.24) is 9.29 Å². The van der Waals surface area contributed by atoms with Crippen LogP contribution >= 0.6 is 11.3 Å². The van der Waals surface area contributed by atoms with Gasteiger partial charge in [0.25, 0.3) is 10.0 Å². The number of rotatable bonds is 6. The van der Waals surface area contributed by atoms with E-state index in [1.54, 1.807) is 5.38 Å². The summed E-state index contributed by atoms with van der Waals surface area (Å²) in [6.45, 7) is 1.74. The van der Waals surface area contributed by atoms with Crippen molar-refractivity contribution in [2.45, 2.75) is 25.0 Å². The Balaban J connectivity index is 1.92. The first-order valence-electron chi connectivity index (χ1n) is 6.37. The van der Waals surface area contributed by atoms with Crippen LogP contribution in [-0.2, 0) is 32.6 Å². The number of carbonyl (C=O) groups excluding carboxylic acids is 1. The zero-order valence-electron chi connectivity index (χ0n) is 12.4. The summed E-state index contributed by atoms with van der Waals surface area (Å²) in [5.41, 5.74) is 0.655. The van der Waals surface area contributed by atoms with E-state index in [-0.39, 0.29) is 23.9 Å². The largest absolute Gasteiger partial charge is 0.457 e. The lowest BCUT2D eigenvalue weighted by Gasteiger charge is -2.07. The minimum absolute atomic E-state index is 0.0773. The van der Waals surface area contributed by atoms with Crippen molar-refractivity contribution < 1.29 is 22.4 Å². The lowest BCUT2D eigenvalue weighted by atomic mass is 10.3. The van der Waals surface area contributed by atoms with Crippen LogP contribution in [0.1, 0.15) is 16.5 Å². The summed E-state index contributed by atoms with van der Waals surface area (Å²) in [4.78, 5) is 15.9. The molecule has 2 aromatic rings. The summed E-state index contributed by atoms with van der Waals surface area (Å²) >= 11 is 1.46. The molecule has 2 heterocycles. The van der Waals surface area contributed by atoms with E-state index in [4.69, 9.17) is 9.15 Å². The summed E-state index contributed by atoms with van der Waals surface area (Å²) in [5, 5.41) is 2.50. The van der Waals surface area contributed by atoms with Gasteiger partial charge in [-0.05, 0) is 19.1 Å². The summed E-state index contributed by atoms with van der Waals surface area (Å²) in [6, 6.07) is 2.80. The lowest BCUT2D eigenvalue weighted by molar-refractivity contribution is -0.144. The molecule has 0 fully saturated rings. The van der Waals surface area contributed by atoms with Gasteiger partial charge in [-0.2, -0.15) is 0 Å². The number of esters is 1. The molecule has 2 aromatic heterocycles. The van der Waals surface area contributed by atoms with Gasteiger partial charge in [-0.25, -0.2) is 17.7 Å². The molecule has 22 heavy (non-hydrogen) atoms. The third-order valence-corrected chi connectivity index (χ3v) is 5.25. The second kappa shape index (κ2) is 6.59. The molecular formula is C13H16N2O5S2. The Kier molecular flexibility index (Phi) is 4.99. The minimum Gasteiger partial charge on any atom is -0.457 e. The van der Waals surface area contributed by atoms with Crippen LogP contribution in [0.4, 0.5) is 0 Å². The molecule has 0 bridgehead atoms. The minimum atomic E-state index is -3.62. The van der Waals surface area contributed by atoms with Crippen molar-refractivity contribution in [3.8, 4) is 0 Å². The van der Waals surface area contributed by atoms with Crippen LogP contribution in [0.3, 0.4) is 0 Å². The van der Waals surface area contributed by atoms with Crippen LogP contribution in [0, 0.1) is 6.92 Å². The van der Waals surface area contributed by atoms with Crippen LogP contribution in [-0.4, -0.2) is 37.8 Å². The van der Waals surface area contributed by atoms with Gasteiger partial charge in [0.2, 0.25) is 5.09 Å². The number of aromatic nitrogens is 1. The number of furan rings is 1. The maximum atomic E-state index is 11.8. The number of aryl methyl sites for hydroxylation is 1. The molecule has 9 heteroatoms. The van der Waals surface area contributed by atoms with Crippen LogP contribution < -0.4 is 0 Å². The van der Waals surface area contributed by atoms with Gasteiger partial charge in [0, 0.05) is 19.5 Å². The van der Waals surface area contributed by atoms with Gasteiger partial charge < -0.3 is 9.15 Å². The number of thiazole rings is 1. The molecule has 0 N–H and O–H groups in total. The van der Waals surface area contributed by atoms with E-state index < -0.39 is 16.0 Å². The Morgan fingerprint density at radius 2 is 2.14 bits per heavy atom. The molecule has 0 atom stereocenters. The predicted octanol–water partition coefficient (Wildman–Crippen LogP) is 1.58. The first kappa shape index (κ1) is 16.7. The summed E-state index contributed by atoms with van der Waals surface area (Å²) < 4.78 is 35.0. The van der Waals surface area contributed by atoms with Crippen molar-refractivity contribution in [2.75, 3.05) is 14.1 Å². The number of hydrogen-bond donors (Lipinski definition) is 0. The lowest BCUT2D eigenvalue weighted by Crippen LogP contribution is -2.21. The second-order valence-corrected chi connectivity index (χ2v) is 7.85. The highest BCUT2D eigenvalue weighted by molar-refractivity contribution is 7.88. The normalized spacial score (nSPS) is 11.8.